The maximum atomic E-state index is 12.7. The Kier molecular flexibility index (Phi) is 5.09. The number of aromatic nitrogens is 4. The van der Waals surface area contributed by atoms with Gasteiger partial charge in [0.15, 0.2) is 0 Å². The lowest BCUT2D eigenvalue weighted by Crippen LogP contribution is -2.15. The lowest BCUT2D eigenvalue weighted by molar-refractivity contribution is 0.316. The molecule has 0 bridgehead atoms. The summed E-state index contributed by atoms with van der Waals surface area (Å²) in [5, 5.41) is 3.85. The Balaban J connectivity index is 2.08. The minimum absolute atomic E-state index is 0.128. The number of rotatable bonds is 5. The van der Waals surface area contributed by atoms with Crippen LogP contribution in [0.15, 0.2) is 27.8 Å². The largest absolute Gasteiger partial charge is 0.478 e. The van der Waals surface area contributed by atoms with Crippen molar-refractivity contribution in [3.8, 4) is 5.88 Å². The first-order valence-corrected chi connectivity index (χ1v) is 10.2. The Bertz CT molecular complexity index is 1100. The number of fused-ring (bicyclic) bond motifs is 1. The first-order valence-electron chi connectivity index (χ1n) is 7.57. The number of sulfonamides is 1. The highest BCUT2D eigenvalue weighted by atomic mass is 79.9. The zero-order valence-electron chi connectivity index (χ0n) is 14.1. The molecule has 0 amide bonds. The lowest BCUT2D eigenvalue weighted by atomic mass is 10.2. The highest BCUT2D eigenvalue weighted by Crippen LogP contribution is 2.34. The molecular weight excluding hydrogens is 446 g/mol. The van der Waals surface area contributed by atoms with Gasteiger partial charge in [-0.3, -0.25) is 4.72 Å². The quantitative estimate of drug-likeness (QED) is 0.627. The molecule has 11 heteroatoms. The van der Waals surface area contributed by atoms with Gasteiger partial charge in [-0.1, -0.05) is 17.7 Å². The molecule has 0 fully saturated rings. The predicted molar refractivity (Wildman–Crippen MR) is 101 cm³/mol. The summed E-state index contributed by atoms with van der Waals surface area (Å²) in [6.45, 7) is 5.79. The Labute approximate surface area is 163 Å². The van der Waals surface area contributed by atoms with Gasteiger partial charge in [-0.2, -0.15) is 17.9 Å². The second kappa shape index (κ2) is 7.01. The van der Waals surface area contributed by atoms with E-state index in [9.17, 15) is 8.42 Å². The Morgan fingerprint density at radius 1 is 1.31 bits per heavy atom. The number of hydrogen-bond acceptors (Lipinski definition) is 6. The molecule has 0 unspecified atom stereocenters. The zero-order valence-corrected chi connectivity index (χ0v) is 17.3. The minimum Gasteiger partial charge on any atom is -0.478 e. The van der Waals surface area contributed by atoms with Crippen molar-refractivity contribution in [3.05, 3.63) is 39.0 Å². The first kappa shape index (κ1) is 18.9. The van der Waals surface area contributed by atoms with Crippen LogP contribution in [0.4, 0.5) is 5.69 Å². The third-order valence-corrected chi connectivity index (χ3v) is 5.90. The van der Waals surface area contributed by atoms with Gasteiger partial charge in [-0.25, -0.2) is 4.98 Å². The lowest BCUT2D eigenvalue weighted by Gasteiger charge is -2.11. The van der Waals surface area contributed by atoms with Gasteiger partial charge in [0.05, 0.1) is 17.3 Å². The van der Waals surface area contributed by atoms with Crippen molar-refractivity contribution in [1.29, 1.82) is 0 Å². The molecule has 0 aliphatic rings. The van der Waals surface area contributed by atoms with Crippen LogP contribution in [0, 0.1) is 13.8 Å². The molecule has 0 aliphatic carbocycles. The fraction of sp³-hybridized carbons (Fsp3) is 0.267. The van der Waals surface area contributed by atoms with E-state index >= 15 is 0 Å². The van der Waals surface area contributed by atoms with Gasteiger partial charge in [0, 0.05) is 16.2 Å². The summed E-state index contributed by atoms with van der Waals surface area (Å²) in [6.07, 6.45) is 0. The predicted octanol–water partition coefficient (Wildman–Crippen LogP) is 3.36. The summed E-state index contributed by atoms with van der Waals surface area (Å²) in [6, 6.07) is 5.03. The van der Waals surface area contributed by atoms with Crippen molar-refractivity contribution in [1.82, 2.24) is 19.6 Å². The van der Waals surface area contributed by atoms with Crippen LogP contribution in [0.25, 0.3) is 5.78 Å². The van der Waals surface area contributed by atoms with Gasteiger partial charge in [-0.15, -0.1) is 5.10 Å². The van der Waals surface area contributed by atoms with Crippen LogP contribution in [0.3, 0.4) is 0 Å². The molecule has 8 nitrogen and oxygen atoms in total. The Morgan fingerprint density at radius 2 is 2.04 bits per heavy atom. The molecule has 26 heavy (non-hydrogen) atoms. The summed E-state index contributed by atoms with van der Waals surface area (Å²) in [4.78, 5) is 8.21. The van der Waals surface area contributed by atoms with Gasteiger partial charge < -0.3 is 4.74 Å². The van der Waals surface area contributed by atoms with Crippen LogP contribution in [-0.2, 0) is 10.0 Å². The van der Waals surface area contributed by atoms with Crippen molar-refractivity contribution < 1.29 is 13.2 Å². The summed E-state index contributed by atoms with van der Waals surface area (Å²) in [5.74, 6) is 0.488. The van der Waals surface area contributed by atoms with E-state index in [1.807, 2.05) is 13.8 Å². The molecule has 1 N–H and O–H groups in total. The SMILES string of the molecule is CCOc1cc(C)nc2nc(S(=O)(=O)Nc3c(Cl)ccc(C)c3Br)nn12. The fourth-order valence-corrected chi connectivity index (χ4v) is 4.14. The number of nitrogens with one attached hydrogen (secondary N) is 1. The fourth-order valence-electron chi connectivity index (χ4n) is 2.23. The van der Waals surface area contributed by atoms with Crippen molar-refractivity contribution in [2.45, 2.75) is 25.9 Å². The van der Waals surface area contributed by atoms with E-state index in [1.165, 1.54) is 4.52 Å². The molecule has 0 saturated heterocycles. The normalized spacial score (nSPS) is 11.7. The molecule has 2 aromatic heterocycles. The summed E-state index contributed by atoms with van der Waals surface area (Å²) >= 11 is 9.47. The minimum atomic E-state index is -4.08. The van der Waals surface area contributed by atoms with Crippen LogP contribution in [-0.4, -0.2) is 34.6 Å². The summed E-state index contributed by atoms with van der Waals surface area (Å²) in [5.41, 5.74) is 1.68. The molecule has 1 aromatic carbocycles. The summed E-state index contributed by atoms with van der Waals surface area (Å²) < 4.78 is 35.2. The van der Waals surface area contributed by atoms with Crippen molar-refractivity contribution >= 4 is 49.0 Å². The van der Waals surface area contributed by atoms with Crippen LogP contribution in [0.2, 0.25) is 5.02 Å². The van der Waals surface area contributed by atoms with E-state index in [4.69, 9.17) is 16.3 Å². The second-order valence-corrected chi connectivity index (χ2v) is 8.21. The number of nitrogens with zero attached hydrogens (tertiary/aromatic N) is 4. The van der Waals surface area contributed by atoms with E-state index in [0.29, 0.717) is 22.7 Å². The average molecular weight is 461 g/mol. The van der Waals surface area contributed by atoms with E-state index in [0.717, 1.165) is 5.56 Å². The molecule has 0 radical (unpaired) electrons. The number of benzene rings is 1. The number of aryl methyl sites for hydroxylation is 2. The molecular formula is C15H15BrClN5O3S. The number of anilines is 1. The maximum Gasteiger partial charge on any atom is 0.299 e. The van der Waals surface area contributed by atoms with Crippen LogP contribution < -0.4 is 9.46 Å². The second-order valence-electron chi connectivity index (χ2n) is 5.43. The first-order chi connectivity index (χ1) is 12.2. The molecule has 0 spiro atoms. The topological polar surface area (TPSA) is 98.5 Å². The van der Waals surface area contributed by atoms with Crippen LogP contribution in [0.1, 0.15) is 18.2 Å². The van der Waals surface area contributed by atoms with Gasteiger partial charge >= 0.3 is 0 Å². The number of halogens is 2. The van der Waals surface area contributed by atoms with Crippen molar-refractivity contribution in [2.24, 2.45) is 0 Å². The molecule has 3 rings (SSSR count). The van der Waals surface area contributed by atoms with Crippen molar-refractivity contribution in [3.63, 3.8) is 0 Å². The molecule has 138 valence electrons. The molecule has 2 heterocycles. The highest BCUT2D eigenvalue weighted by Gasteiger charge is 2.25. The third kappa shape index (κ3) is 3.49. The smallest absolute Gasteiger partial charge is 0.299 e. The van der Waals surface area contributed by atoms with Crippen molar-refractivity contribution in [2.75, 3.05) is 11.3 Å². The standard InChI is InChI=1S/C15H15BrClN5O3S/c1-4-25-11-7-9(3)18-14-19-15(20-22(11)14)26(23,24)21-13-10(17)6-5-8(2)12(13)16/h5-7,21H,4H2,1-3H3. The Morgan fingerprint density at radius 3 is 2.73 bits per heavy atom. The molecule has 0 saturated carbocycles. The zero-order chi connectivity index (χ0) is 19.1. The monoisotopic (exact) mass is 459 g/mol. The average Bonchev–Trinajstić information content (AvgIpc) is 3.00. The Hall–Kier alpha value is -1.91. The van der Waals surface area contributed by atoms with Gasteiger partial charge in [0.25, 0.3) is 21.0 Å². The summed E-state index contributed by atoms with van der Waals surface area (Å²) in [7, 11) is -4.08. The van der Waals surface area contributed by atoms with Gasteiger partial charge in [0.2, 0.25) is 5.88 Å². The maximum absolute atomic E-state index is 12.7. The number of ether oxygens (including phenoxy) is 1. The van der Waals surface area contributed by atoms with E-state index in [1.54, 1.807) is 25.1 Å². The van der Waals surface area contributed by atoms with Gasteiger partial charge in [0.1, 0.15) is 0 Å². The molecule has 0 aliphatic heterocycles. The molecule has 0 atom stereocenters. The van der Waals surface area contributed by atoms with E-state index in [-0.39, 0.29) is 16.5 Å². The van der Waals surface area contributed by atoms with E-state index < -0.39 is 15.2 Å². The van der Waals surface area contributed by atoms with Gasteiger partial charge in [-0.05, 0) is 48.3 Å². The highest BCUT2D eigenvalue weighted by molar-refractivity contribution is 9.10. The molecule has 3 aromatic rings. The number of hydrogen-bond donors (Lipinski definition) is 1. The van der Waals surface area contributed by atoms with E-state index in [2.05, 4.69) is 35.7 Å². The van der Waals surface area contributed by atoms with Crippen LogP contribution >= 0.6 is 27.5 Å². The van der Waals surface area contributed by atoms with Crippen LogP contribution in [0.5, 0.6) is 5.88 Å². The third-order valence-electron chi connectivity index (χ3n) is 3.44.